The highest BCUT2D eigenvalue weighted by molar-refractivity contribution is 7.20. The predicted octanol–water partition coefficient (Wildman–Crippen LogP) is 3.35. The highest BCUT2D eigenvalue weighted by atomic mass is 32.1. The van der Waals surface area contributed by atoms with Crippen LogP contribution in [0.1, 0.15) is 32.5 Å². The van der Waals surface area contributed by atoms with Crippen molar-refractivity contribution in [3.05, 3.63) is 46.6 Å². The van der Waals surface area contributed by atoms with Gasteiger partial charge in [0.2, 0.25) is 5.88 Å². The largest absolute Gasteiger partial charge is 0.478 e. The van der Waals surface area contributed by atoms with Crippen LogP contribution in [-0.2, 0) is 0 Å². The molecule has 0 radical (unpaired) electrons. The molecular weight excluding hydrogens is 342 g/mol. The summed E-state index contributed by atoms with van der Waals surface area (Å²) in [7, 11) is 0. The molecule has 0 saturated heterocycles. The molecule has 7 nitrogen and oxygen atoms in total. The lowest BCUT2D eigenvalue weighted by Gasteiger charge is -2.08. The fourth-order valence-corrected chi connectivity index (χ4v) is 3.49. The lowest BCUT2D eigenvalue weighted by molar-refractivity contribution is 0.0698. The lowest BCUT2D eigenvalue weighted by atomic mass is 10.1. The summed E-state index contributed by atoms with van der Waals surface area (Å²) >= 11 is 1.21. The van der Waals surface area contributed by atoms with Crippen molar-refractivity contribution in [3.8, 4) is 5.88 Å². The van der Waals surface area contributed by atoms with E-state index in [2.05, 4.69) is 15.3 Å². The first-order valence-corrected chi connectivity index (χ1v) is 8.35. The molecule has 25 heavy (non-hydrogen) atoms. The molecule has 0 aliphatic rings. The smallest absolute Gasteiger partial charge is 0.337 e. The second-order valence-electron chi connectivity index (χ2n) is 5.15. The average molecular weight is 357 g/mol. The molecule has 3 aromatic rings. The number of para-hydroxylation sites is 1. The number of hydrogen-bond acceptors (Lipinski definition) is 6. The van der Waals surface area contributed by atoms with E-state index >= 15 is 0 Å². The number of rotatable bonds is 5. The third-order valence-corrected chi connectivity index (χ3v) is 4.78. The van der Waals surface area contributed by atoms with Crippen molar-refractivity contribution >= 4 is 39.1 Å². The van der Waals surface area contributed by atoms with Gasteiger partial charge in [0.15, 0.2) is 0 Å². The number of benzene rings is 1. The minimum atomic E-state index is -1.10. The third kappa shape index (κ3) is 3.16. The molecule has 2 aromatic heterocycles. The van der Waals surface area contributed by atoms with Gasteiger partial charge in [0.25, 0.3) is 5.91 Å². The zero-order valence-electron chi connectivity index (χ0n) is 13.6. The summed E-state index contributed by atoms with van der Waals surface area (Å²) in [5.74, 6) is -1.06. The molecule has 0 bridgehead atoms. The van der Waals surface area contributed by atoms with Crippen LogP contribution < -0.4 is 10.1 Å². The summed E-state index contributed by atoms with van der Waals surface area (Å²) in [6, 6.07) is 6.26. The summed E-state index contributed by atoms with van der Waals surface area (Å²) in [5.41, 5.74) is 0.978. The van der Waals surface area contributed by atoms with Gasteiger partial charge in [-0.05, 0) is 31.5 Å². The number of nitrogens with one attached hydrogen (secondary N) is 1. The van der Waals surface area contributed by atoms with Gasteiger partial charge in [-0.15, -0.1) is 11.3 Å². The zero-order chi connectivity index (χ0) is 18.0. The van der Waals surface area contributed by atoms with Crippen molar-refractivity contribution in [2.75, 3.05) is 11.9 Å². The molecular formula is C17H15N3O4S. The number of ether oxygens (including phenoxy) is 1. The topological polar surface area (TPSA) is 101 Å². The summed E-state index contributed by atoms with van der Waals surface area (Å²) < 4.78 is 5.51. The van der Waals surface area contributed by atoms with Gasteiger partial charge >= 0.3 is 5.97 Å². The van der Waals surface area contributed by atoms with E-state index in [4.69, 9.17) is 4.74 Å². The first-order valence-electron chi connectivity index (χ1n) is 7.53. The summed E-state index contributed by atoms with van der Waals surface area (Å²) in [6.45, 7) is 4.10. The van der Waals surface area contributed by atoms with E-state index in [1.807, 2.05) is 6.92 Å². The van der Waals surface area contributed by atoms with E-state index in [0.29, 0.717) is 33.1 Å². The highest BCUT2D eigenvalue weighted by Gasteiger charge is 2.21. The molecule has 8 heteroatoms. The fraction of sp³-hybridized carbons (Fsp3) is 0.176. The number of fused-ring (bicyclic) bond motifs is 1. The molecule has 0 fully saturated rings. The van der Waals surface area contributed by atoms with Crippen LogP contribution >= 0.6 is 11.3 Å². The van der Waals surface area contributed by atoms with Crippen molar-refractivity contribution in [2.24, 2.45) is 0 Å². The van der Waals surface area contributed by atoms with Gasteiger partial charge in [-0.25, -0.2) is 14.8 Å². The van der Waals surface area contributed by atoms with E-state index in [1.54, 1.807) is 25.1 Å². The lowest BCUT2D eigenvalue weighted by Crippen LogP contribution is -2.14. The molecule has 2 N–H and O–H groups in total. The minimum Gasteiger partial charge on any atom is -0.478 e. The maximum Gasteiger partial charge on any atom is 0.337 e. The number of aryl methyl sites for hydroxylation is 1. The van der Waals surface area contributed by atoms with Crippen molar-refractivity contribution < 1.29 is 19.4 Å². The van der Waals surface area contributed by atoms with Crippen molar-refractivity contribution in [3.63, 3.8) is 0 Å². The van der Waals surface area contributed by atoms with Crippen LogP contribution in [0, 0.1) is 6.92 Å². The van der Waals surface area contributed by atoms with Crippen LogP contribution in [0.2, 0.25) is 0 Å². The molecule has 0 saturated carbocycles. The Morgan fingerprint density at radius 2 is 2.04 bits per heavy atom. The number of nitrogens with zero attached hydrogens (tertiary/aromatic N) is 2. The molecule has 0 unspecified atom stereocenters. The molecule has 0 atom stereocenters. The quantitative estimate of drug-likeness (QED) is 0.726. The number of aromatic nitrogens is 2. The van der Waals surface area contributed by atoms with E-state index < -0.39 is 11.9 Å². The first-order chi connectivity index (χ1) is 12.0. The van der Waals surface area contributed by atoms with Gasteiger partial charge in [0.1, 0.15) is 11.2 Å². The number of carbonyl (C=O) groups excluding carboxylic acids is 1. The van der Waals surface area contributed by atoms with E-state index in [1.165, 1.54) is 23.7 Å². The van der Waals surface area contributed by atoms with Crippen molar-refractivity contribution in [1.82, 2.24) is 9.97 Å². The Morgan fingerprint density at radius 3 is 2.76 bits per heavy atom. The Balaban J connectivity index is 2.00. The Bertz CT molecular complexity index is 968. The maximum atomic E-state index is 12.7. The number of aromatic carboxylic acids is 1. The molecule has 3 rings (SSSR count). The zero-order valence-corrected chi connectivity index (χ0v) is 14.4. The molecule has 0 aliphatic carbocycles. The first kappa shape index (κ1) is 16.8. The Kier molecular flexibility index (Phi) is 4.62. The SMILES string of the molecule is CCOc1ncnc2sc(C(=O)Nc3ccccc3C(=O)O)c(C)c12. The monoisotopic (exact) mass is 357 g/mol. The molecule has 0 aliphatic heterocycles. The fourth-order valence-electron chi connectivity index (χ4n) is 2.46. The maximum absolute atomic E-state index is 12.7. The molecule has 1 amide bonds. The normalized spacial score (nSPS) is 10.6. The van der Waals surface area contributed by atoms with Gasteiger partial charge in [-0.3, -0.25) is 4.79 Å². The predicted molar refractivity (Wildman–Crippen MR) is 94.7 cm³/mol. The van der Waals surface area contributed by atoms with Gasteiger partial charge < -0.3 is 15.2 Å². The van der Waals surface area contributed by atoms with Gasteiger partial charge in [0, 0.05) is 0 Å². The number of anilines is 1. The molecule has 2 heterocycles. The standard InChI is InChI=1S/C17H15N3O4S/c1-3-24-15-12-9(2)13(25-16(12)19-8-18-15)14(21)20-11-7-5-4-6-10(11)17(22)23/h4-8H,3H2,1-2H3,(H,20,21)(H,22,23). The van der Waals surface area contributed by atoms with Crippen LogP contribution in [0.5, 0.6) is 5.88 Å². The van der Waals surface area contributed by atoms with E-state index in [-0.39, 0.29) is 11.3 Å². The summed E-state index contributed by atoms with van der Waals surface area (Å²) in [5, 5.41) is 12.6. The van der Waals surface area contributed by atoms with E-state index in [0.717, 1.165) is 0 Å². The summed E-state index contributed by atoms with van der Waals surface area (Å²) in [6.07, 6.45) is 1.39. The third-order valence-electron chi connectivity index (χ3n) is 3.58. The van der Waals surface area contributed by atoms with Gasteiger partial charge in [-0.1, -0.05) is 12.1 Å². The molecule has 1 aromatic carbocycles. The Labute approximate surface area is 147 Å². The van der Waals surface area contributed by atoms with Gasteiger partial charge in [-0.2, -0.15) is 0 Å². The second kappa shape index (κ2) is 6.86. The number of thiophene rings is 1. The van der Waals surface area contributed by atoms with Crippen molar-refractivity contribution in [1.29, 1.82) is 0 Å². The second-order valence-corrected chi connectivity index (χ2v) is 6.15. The number of carbonyl (C=O) groups is 2. The number of carboxylic acid groups (broad SMARTS) is 1. The molecule has 128 valence electrons. The highest BCUT2D eigenvalue weighted by Crippen LogP contribution is 2.34. The average Bonchev–Trinajstić information content (AvgIpc) is 2.93. The van der Waals surface area contributed by atoms with E-state index in [9.17, 15) is 14.7 Å². The van der Waals surface area contributed by atoms with Crippen LogP contribution in [0.25, 0.3) is 10.2 Å². The molecule has 0 spiro atoms. The Hall–Kier alpha value is -3.00. The van der Waals surface area contributed by atoms with Gasteiger partial charge in [0.05, 0.1) is 28.1 Å². The van der Waals surface area contributed by atoms with Crippen LogP contribution in [0.4, 0.5) is 5.69 Å². The van der Waals surface area contributed by atoms with Crippen LogP contribution in [-0.4, -0.2) is 33.6 Å². The van der Waals surface area contributed by atoms with Crippen LogP contribution in [0.3, 0.4) is 0 Å². The number of amides is 1. The van der Waals surface area contributed by atoms with Crippen LogP contribution in [0.15, 0.2) is 30.6 Å². The minimum absolute atomic E-state index is 0.0319. The summed E-state index contributed by atoms with van der Waals surface area (Å²) in [4.78, 5) is 33.3. The van der Waals surface area contributed by atoms with Crippen molar-refractivity contribution in [2.45, 2.75) is 13.8 Å². The number of carboxylic acids is 1. The number of hydrogen-bond donors (Lipinski definition) is 2. The Morgan fingerprint density at radius 1 is 1.28 bits per heavy atom.